The number of ketones is 1. The summed E-state index contributed by atoms with van der Waals surface area (Å²) >= 11 is 0. The maximum absolute atomic E-state index is 15.3. The minimum atomic E-state index is -4.61. The molecule has 1 aromatic rings. The van der Waals surface area contributed by atoms with Crippen LogP contribution in [0.1, 0.15) is 19.3 Å². The molecular weight excluding hydrogens is 299 g/mol. The van der Waals surface area contributed by atoms with E-state index in [0.29, 0.717) is 0 Å². The van der Waals surface area contributed by atoms with Crippen LogP contribution in [0.15, 0.2) is 35.2 Å². The van der Waals surface area contributed by atoms with Crippen LogP contribution in [-0.2, 0) is 24.2 Å². The summed E-state index contributed by atoms with van der Waals surface area (Å²) in [6, 6.07) is 6.87. The van der Waals surface area contributed by atoms with Crippen LogP contribution in [-0.4, -0.2) is 32.3 Å². The van der Waals surface area contributed by atoms with Gasteiger partial charge in [-0.3, -0.25) is 4.79 Å². The highest BCUT2D eigenvalue weighted by atomic mass is 32.2. The Balaban J connectivity index is 2.55. The molecule has 0 saturated heterocycles. The zero-order valence-electron chi connectivity index (χ0n) is 11.4. The maximum Gasteiger partial charge on any atom is 0.360 e. The molecule has 7 heteroatoms. The van der Waals surface area contributed by atoms with Gasteiger partial charge in [0.2, 0.25) is 9.84 Å². The van der Waals surface area contributed by atoms with Gasteiger partial charge in [0.15, 0.2) is 0 Å². The lowest BCUT2D eigenvalue weighted by atomic mass is 10.0. The molecule has 1 aliphatic carbocycles. The molecular formula is C14H15FO5S. The molecule has 2 atom stereocenters. The van der Waals surface area contributed by atoms with Crippen molar-refractivity contribution in [3.05, 3.63) is 30.3 Å². The van der Waals surface area contributed by atoms with Crippen LogP contribution in [0, 0.1) is 5.92 Å². The Kier molecular flexibility index (Phi) is 4.13. The largest absolute Gasteiger partial charge is 0.466 e. The summed E-state index contributed by atoms with van der Waals surface area (Å²) < 4.78 is 44.8. The first-order valence-corrected chi connectivity index (χ1v) is 7.91. The molecule has 5 nitrogen and oxygen atoms in total. The highest BCUT2D eigenvalue weighted by molar-refractivity contribution is 7.93. The Morgan fingerprint density at radius 1 is 1.33 bits per heavy atom. The number of carbonyl (C=O) groups is 2. The predicted octanol–water partition coefficient (Wildman–Crippen LogP) is 1.67. The minimum Gasteiger partial charge on any atom is -0.466 e. The topological polar surface area (TPSA) is 77.5 Å². The van der Waals surface area contributed by atoms with Crippen LogP contribution < -0.4 is 0 Å². The van der Waals surface area contributed by atoms with Crippen molar-refractivity contribution in [2.24, 2.45) is 5.92 Å². The minimum absolute atomic E-state index is 0.0104. The molecule has 1 saturated carbocycles. The first-order valence-electron chi connectivity index (χ1n) is 6.42. The lowest BCUT2D eigenvalue weighted by molar-refractivity contribution is -0.151. The molecule has 0 heterocycles. The number of rotatable bonds is 4. The highest BCUT2D eigenvalue weighted by Crippen LogP contribution is 2.42. The summed E-state index contributed by atoms with van der Waals surface area (Å²) in [5, 5.41) is -3.24. The summed E-state index contributed by atoms with van der Waals surface area (Å²) in [6.07, 6.45) is -0.203. The number of carbonyl (C=O) groups excluding carboxylic acids is 2. The van der Waals surface area contributed by atoms with Crippen LogP contribution in [0.4, 0.5) is 4.39 Å². The van der Waals surface area contributed by atoms with Gasteiger partial charge in [-0.05, 0) is 18.6 Å². The van der Waals surface area contributed by atoms with Crippen molar-refractivity contribution in [2.75, 3.05) is 7.11 Å². The third-order valence-electron chi connectivity index (χ3n) is 3.68. The van der Waals surface area contributed by atoms with Crippen molar-refractivity contribution in [2.45, 2.75) is 29.2 Å². The van der Waals surface area contributed by atoms with Crippen molar-refractivity contribution < 1.29 is 27.1 Å². The molecule has 1 fully saturated rings. The van der Waals surface area contributed by atoms with E-state index in [1.54, 1.807) is 6.07 Å². The average Bonchev–Trinajstić information content (AvgIpc) is 2.93. The number of sulfone groups is 1. The van der Waals surface area contributed by atoms with Crippen LogP contribution in [0.5, 0.6) is 0 Å². The number of esters is 1. The van der Waals surface area contributed by atoms with Gasteiger partial charge >= 0.3 is 11.0 Å². The average molecular weight is 314 g/mol. The van der Waals surface area contributed by atoms with Crippen molar-refractivity contribution in [1.29, 1.82) is 0 Å². The molecule has 114 valence electrons. The van der Waals surface area contributed by atoms with Gasteiger partial charge in [-0.1, -0.05) is 18.2 Å². The SMILES string of the molecule is COC(=O)C(F)(C1CCC(=O)C1)S(=O)(=O)c1ccccc1. The van der Waals surface area contributed by atoms with Crippen LogP contribution in [0.3, 0.4) is 0 Å². The number of benzene rings is 1. The number of hydrogen-bond acceptors (Lipinski definition) is 5. The molecule has 1 aliphatic rings. The van der Waals surface area contributed by atoms with Gasteiger partial charge in [0, 0.05) is 18.8 Å². The van der Waals surface area contributed by atoms with Crippen molar-refractivity contribution in [3.63, 3.8) is 0 Å². The number of hydrogen-bond donors (Lipinski definition) is 0. The van der Waals surface area contributed by atoms with E-state index in [0.717, 1.165) is 7.11 Å². The number of ether oxygens (including phenoxy) is 1. The number of methoxy groups -OCH3 is 1. The van der Waals surface area contributed by atoms with Gasteiger partial charge in [0.25, 0.3) is 0 Å². The molecule has 0 amide bonds. The number of Topliss-reactive ketones (excluding diaryl/α,β-unsaturated/α-hetero) is 1. The fourth-order valence-corrected chi connectivity index (χ4v) is 4.34. The Morgan fingerprint density at radius 3 is 2.43 bits per heavy atom. The molecule has 0 bridgehead atoms. The second-order valence-electron chi connectivity index (χ2n) is 4.93. The molecule has 1 aromatic carbocycles. The van der Waals surface area contributed by atoms with Gasteiger partial charge in [-0.15, -0.1) is 0 Å². The molecule has 0 N–H and O–H groups in total. The Morgan fingerprint density at radius 2 is 1.95 bits per heavy atom. The second kappa shape index (κ2) is 5.55. The van der Waals surface area contributed by atoms with Crippen LogP contribution >= 0.6 is 0 Å². The summed E-state index contributed by atoms with van der Waals surface area (Å²) in [7, 11) is -3.69. The summed E-state index contributed by atoms with van der Waals surface area (Å²) in [5.74, 6) is -2.96. The summed E-state index contributed by atoms with van der Waals surface area (Å²) in [5.41, 5.74) is 0. The quantitative estimate of drug-likeness (QED) is 0.790. The Bertz CT molecular complexity index is 655. The molecule has 2 rings (SSSR count). The monoisotopic (exact) mass is 314 g/mol. The van der Waals surface area contributed by atoms with Crippen molar-refractivity contribution >= 4 is 21.6 Å². The maximum atomic E-state index is 15.3. The third kappa shape index (κ3) is 2.46. The van der Waals surface area contributed by atoms with E-state index in [-0.39, 0.29) is 29.9 Å². The molecule has 21 heavy (non-hydrogen) atoms. The molecule has 0 radical (unpaired) electrons. The third-order valence-corrected chi connectivity index (χ3v) is 5.85. The number of alkyl halides is 1. The van der Waals surface area contributed by atoms with E-state index in [4.69, 9.17) is 0 Å². The lowest BCUT2D eigenvalue weighted by Crippen LogP contribution is -2.48. The van der Waals surface area contributed by atoms with Gasteiger partial charge in [0.05, 0.1) is 12.0 Å². The first kappa shape index (κ1) is 15.6. The fourth-order valence-electron chi connectivity index (χ4n) is 2.54. The van der Waals surface area contributed by atoms with E-state index in [1.807, 2.05) is 0 Å². The highest BCUT2D eigenvalue weighted by Gasteiger charge is 2.60. The van der Waals surface area contributed by atoms with E-state index < -0.39 is 26.7 Å². The molecule has 0 spiro atoms. The van der Waals surface area contributed by atoms with Gasteiger partial charge in [-0.2, -0.15) is 0 Å². The standard InChI is InChI=1S/C14H15FO5S/c1-20-13(17)14(15,10-7-8-11(16)9-10)21(18,19)12-5-3-2-4-6-12/h2-6,10H,7-9H2,1H3. The lowest BCUT2D eigenvalue weighted by Gasteiger charge is -2.27. The van der Waals surface area contributed by atoms with Gasteiger partial charge in [-0.25, -0.2) is 17.6 Å². The molecule has 0 aromatic heterocycles. The summed E-state index contributed by atoms with van der Waals surface area (Å²) in [4.78, 5) is 22.9. The zero-order valence-corrected chi connectivity index (χ0v) is 12.2. The Hall–Kier alpha value is -1.76. The van der Waals surface area contributed by atoms with Crippen LogP contribution in [0.25, 0.3) is 0 Å². The van der Waals surface area contributed by atoms with Gasteiger partial charge < -0.3 is 4.74 Å². The van der Waals surface area contributed by atoms with E-state index in [2.05, 4.69) is 4.74 Å². The second-order valence-corrected chi connectivity index (χ2v) is 7.00. The number of halogens is 1. The predicted molar refractivity (Wildman–Crippen MR) is 71.8 cm³/mol. The molecule has 2 unspecified atom stereocenters. The normalized spacial score (nSPS) is 21.8. The zero-order chi connectivity index (χ0) is 15.7. The van der Waals surface area contributed by atoms with Crippen molar-refractivity contribution in [3.8, 4) is 0 Å². The van der Waals surface area contributed by atoms with E-state index >= 15 is 4.39 Å². The molecule has 0 aliphatic heterocycles. The smallest absolute Gasteiger partial charge is 0.360 e. The first-order chi connectivity index (χ1) is 9.84. The fraction of sp³-hybridized carbons (Fsp3) is 0.429. The Labute approximate surface area is 122 Å². The summed E-state index contributed by atoms with van der Waals surface area (Å²) in [6.45, 7) is 0. The van der Waals surface area contributed by atoms with Gasteiger partial charge in [0.1, 0.15) is 5.78 Å². The van der Waals surface area contributed by atoms with E-state index in [1.165, 1.54) is 24.3 Å². The van der Waals surface area contributed by atoms with E-state index in [9.17, 15) is 18.0 Å². The van der Waals surface area contributed by atoms with Crippen LogP contribution in [0.2, 0.25) is 0 Å². The van der Waals surface area contributed by atoms with Crippen molar-refractivity contribution in [1.82, 2.24) is 0 Å².